The van der Waals surface area contributed by atoms with Crippen LogP contribution in [0.4, 0.5) is 17.1 Å². The van der Waals surface area contributed by atoms with Crippen LogP contribution in [0, 0.1) is 26.1 Å². The summed E-state index contributed by atoms with van der Waals surface area (Å²) in [6.07, 6.45) is 0. The fourth-order valence-electron chi connectivity index (χ4n) is 1.75. The maximum atomic E-state index is 11.6. The molecule has 0 aliphatic rings. The molecule has 1 aromatic carbocycles. The quantitative estimate of drug-likeness (QED) is 0.241. The van der Waals surface area contributed by atoms with Gasteiger partial charge in [0.2, 0.25) is 5.91 Å². The smallest absolute Gasteiger partial charge is 0.299 e. The zero-order chi connectivity index (χ0) is 17.4. The molecule has 0 bridgehead atoms. The Labute approximate surface area is 129 Å². The van der Waals surface area contributed by atoms with E-state index in [1.165, 1.54) is 13.1 Å². The zero-order valence-corrected chi connectivity index (χ0v) is 12.0. The van der Waals surface area contributed by atoms with Crippen molar-refractivity contribution in [1.29, 1.82) is 0 Å². The Morgan fingerprint density at radius 2 is 2.09 bits per heavy atom. The number of nitrogens with one attached hydrogen (secondary N) is 2. The molecule has 0 unspecified atom stereocenters. The van der Waals surface area contributed by atoms with Crippen molar-refractivity contribution in [3.63, 3.8) is 0 Å². The molecular formula is C11H13N7O5. The van der Waals surface area contributed by atoms with Crippen molar-refractivity contribution < 1.29 is 14.6 Å². The molecule has 12 nitrogen and oxygen atoms in total. The van der Waals surface area contributed by atoms with Gasteiger partial charge in [0.1, 0.15) is 5.69 Å². The summed E-state index contributed by atoms with van der Waals surface area (Å²) in [5, 5.41) is 30.0. The molecule has 122 valence electrons. The number of carbonyl (C=O) groups excluding carboxylic acids is 1. The number of rotatable bonds is 8. The highest BCUT2D eigenvalue weighted by Gasteiger charge is 2.22. The number of nitro groups is 2. The summed E-state index contributed by atoms with van der Waals surface area (Å²) < 4.78 is 0. The topological polar surface area (TPSA) is 176 Å². The number of carbonyl (C=O) groups is 1. The van der Waals surface area contributed by atoms with Crippen molar-refractivity contribution in [2.45, 2.75) is 0 Å². The van der Waals surface area contributed by atoms with Gasteiger partial charge in [0.15, 0.2) is 0 Å². The van der Waals surface area contributed by atoms with E-state index in [1.807, 2.05) is 0 Å². The molecule has 0 spiro atoms. The molecule has 23 heavy (non-hydrogen) atoms. The predicted molar refractivity (Wildman–Crippen MR) is 79.8 cm³/mol. The number of anilines is 1. The van der Waals surface area contributed by atoms with Gasteiger partial charge in [-0.3, -0.25) is 25.0 Å². The van der Waals surface area contributed by atoms with Crippen LogP contribution >= 0.6 is 0 Å². The molecule has 1 atom stereocenters. The second kappa shape index (κ2) is 8.14. The zero-order valence-electron chi connectivity index (χ0n) is 12.0. The number of azide groups is 1. The molecule has 0 aromatic heterocycles. The van der Waals surface area contributed by atoms with Gasteiger partial charge < -0.3 is 10.6 Å². The lowest BCUT2D eigenvalue weighted by Gasteiger charge is -2.14. The fourth-order valence-corrected chi connectivity index (χ4v) is 1.75. The Morgan fingerprint density at radius 3 is 2.61 bits per heavy atom. The molecule has 12 heteroatoms. The second-order valence-corrected chi connectivity index (χ2v) is 4.32. The third-order valence-corrected chi connectivity index (χ3v) is 2.91. The highest BCUT2D eigenvalue weighted by Crippen LogP contribution is 2.29. The van der Waals surface area contributed by atoms with E-state index in [0.29, 0.717) is 0 Å². The standard InChI is InChI=1S/C11H13N7O5/c1-13-11(19)7(6-15-16-12)5-14-9-3-2-8(17(20)21)4-10(9)18(22)23/h2-4,7,14H,5-6H2,1H3,(H,13,19)/t7-/m0/s1. The van der Waals surface area contributed by atoms with E-state index in [2.05, 4.69) is 20.7 Å². The maximum Gasteiger partial charge on any atom is 0.299 e. The van der Waals surface area contributed by atoms with Crippen LogP contribution in [-0.4, -0.2) is 35.9 Å². The second-order valence-electron chi connectivity index (χ2n) is 4.32. The SMILES string of the molecule is CNC(=O)[C@H](CN=[N+]=[N-])CNc1ccc([N+](=O)[O-])cc1[N+](=O)[O-]. The molecule has 0 radical (unpaired) electrons. The summed E-state index contributed by atoms with van der Waals surface area (Å²) in [7, 11) is 1.40. The van der Waals surface area contributed by atoms with E-state index in [9.17, 15) is 25.0 Å². The molecule has 0 heterocycles. The van der Waals surface area contributed by atoms with Crippen molar-refractivity contribution in [2.24, 2.45) is 11.0 Å². The predicted octanol–water partition coefficient (Wildman–Crippen LogP) is 1.59. The van der Waals surface area contributed by atoms with Gasteiger partial charge in [0, 0.05) is 31.1 Å². The first-order chi connectivity index (χ1) is 10.9. The average Bonchev–Trinajstić information content (AvgIpc) is 2.53. The molecule has 1 amide bonds. The van der Waals surface area contributed by atoms with Gasteiger partial charge >= 0.3 is 0 Å². The summed E-state index contributed by atoms with van der Waals surface area (Å²) in [5.41, 5.74) is 7.43. The molecule has 1 rings (SSSR count). The first-order valence-electron chi connectivity index (χ1n) is 6.29. The van der Waals surface area contributed by atoms with E-state index in [0.717, 1.165) is 12.1 Å². The number of benzene rings is 1. The third-order valence-electron chi connectivity index (χ3n) is 2.91. The number of hydrogen-bond donors (Lipinski definition) is 2. The van der Waals surface area contributed by atoms with Gasteiger partial charge in [-0.2, -0.15) is 0 Å². The summed E-state index contributed by atoms with van der Waals surface area (Å²) in [6.45, 7) is -0.179. The first kappa shape index (κ1) is 17.7. The molecule has 2 N–H and O–H groups in total. The number of non-ortho nitro benzene ring substituents is 1. The van der Waals surface area contributed by atoms with Gasteiger partial charge in [0.25, 0.3) is 11.4 Å². The highest BCUT2D eigenvalue weighted by atomic mass is 16.6. The van der Waals surface area contributed by atoms with Crippen LogP contribution in [0.15, 0.2) is 23.3 Å². The minimum absolute atomic E-state index is 0.0236. The van der Waals surface area contributed by atoms with Gasteiger partial charge in [-0.1, -0.05) is 5.11 Å². The van der Waals surface area contributed by atoms with Crippen molar-refractivity contribution in [1.82, 2.24) is 5.32 Å². The summed E-state index contributed by atoms with van der Waals surface area (Å²) in [6, 6.07) is 3.12. The highest BCUT2D eigenvalue weighted by molar-refractivity contribution is 5.79. The minimum Gasteiger partial charge on any atom is -0.379 e. The molecule has 1 aromatic rings. The average molecular weight is 323 g/mol. The van der Waals surface area contributed by atoms with Crippen molar-refractivity contribution >= 4 is 23.0 Å². The summed E-state index contributed by atoms with van der Waals surface area (Å²) in [5.74, 6) is -1.15. The Kier molecular flexibility index (Phi) is 6.25. The lowest BCUT2D eigenvalue weighted by Crippen LogP contribution is -2.34. The lowest BCUT2D eigenvalue weighted by molar-refractivity contribution is -0.393. The first-order valence-corrected chi connectivity index (χ1v) is 6.29. The van der Waals surface area contributed by atoms with Crippen LogP contribution in [0.1, 0.15) is 0 Å². The largest absolute Gasteiger partial charge is 0.379 e. The van der Waals surface area contributed by atoms with E-state index in [4.69, 9.17) is 5.53 Å². The minimum atomic E-state index is -0.766. The molecule has 0 aliphatic carbocycles. The summed E-state index contributed by atoms with van der Waals surface area (Å²) in [4.78, 5) is 34.4. The van der Waals surface area contributed by atoms with Crippen LogP contribution in [0.25, 0.3) is 10.4 Å². The Balaban J connectivity index is 2.98. The number of nitro benzene ring substituents is 2. The van der Waals surface area contributed by atoms with E-state index < -0.39 is 33.0 Å². The molecular weight excluding hydrogens is 310 g/mol. The van der Waals surface area contributed by atoms with Crippen molar-refractivity contribution in [3.05, 3.63) is 48.9 Å². The van der Waals surface area contributed by atoms with E-state index >= 15 is 0 Å². The van der Waals surface area contributed by atoms with E-state index in [-0.39, 0.29) is 18.8 Å². The van der Waals surface area contributed by atoms with Crippen LogP contribution in [0.2, 0.25) is 0 Å². The van der Waals surface area contributed by atoms with Gasteiger partial charge in [-0.25, -0.2) is 0 Å². The molecule has 0 saturated carbocycles. The monoisotopic (exact) mass is 323 g/mol. The Hall–Kier alpha value is -3.40. The van der Waals surface area contributed by atoms with Gasteiger partial charge in [-0.05, 0) is 11.6 Å². The van der Waals surface area contributed by atoms with Crippen molar-refractivity contribution in [2.75, 3.05) is 25.5 Å². The molecule has 0 fully saturated rings. The van der Waals surface area contributed by atoms with Crippen LogP contribution < -0.4 is 10.6 Å². The van der Waals surface area contributed by atoms with Crippen LogP contribution in [0.5, 0.6) is 0 Å². The number of nitrogens with zero attached hydrogens (tertiary/aromatic N) is 5. The van der Waals surface area contributed by atoms with Crippen molar-refractivity contribution in [3.8, 4) is 0 Å². The lowest BCUT2D eigenvalue weighted by atomic mass is 10.1. The Morgan fingerprint density at radius 1 is 1.39 bits per heavy atom. The fraction of sp³-hybridized carbons (Fsp3) is 0.364. The van der Waals surface area contributed by atoms with Crippen LogP contribution in [0.3, 0.4) is 0 Å². The normalized spacial score (nSPS) is 11.0. The Bertz CT molecular complexity index is 671. The molecule has 0 saturated heterocycles. The van der Waals surface area contributed by atoms with Gasteiger partial charge in [-0.15, -0.1) is 0 Å². The molecule has 0 aliphatic heterocycles. The summed E-state index contributed by atoms with van der Waals surface area (Å²) >= 11 is 0. The number of amides is 1. The third kappa shape index (κ3) is 4.82. The van der Waals surface area contributed by atoms with Gasteiger partial charge in [0.05, 0.1) is 21.8 Å². The van der Waals surface area contributed by atoms with Crippen LogP contribution in [-0.2, 0) is 4.79 Å². The van der Waals surface area contributed by atoms with E-state index in [1.54, 1.807) is 0 Å². The maximum absolute atomic E-state index is 11.6. The number of hydrogen-bond acceptors (Lipinski definition) is 7.